The van der Waals surface area contributed by atoms with Crippen molar-refractivity contribution in [3.05, 3.63) is 0 Å². The van der Waals surface area contributed by atoms with Gasteiger partial charge < -0.3 is 0 Å². The van der Waals surface area contributed by atoms with Gasteiger partial charge in [-0.1, -0.05) is 0 Å². The first-order chi connectivity index (χ1) is 1.41. The largest absolute Gasteiger partial charge is 0.169 e. The Morgan fingerprint density at radius 3 is 1.20 bits per heavy atom. The molecule has 0 saturated heterocycles. The molecule has 0 aliphatic heterocycles. The summed E-state index contributed by atoms with van der Waals surface area (Å²) in [6.45, 7) is 0. The molecule has 0 aliphatic carbocycles. The van der Waals surface area contributed by atoms with Crippen LogP contribution in [0.15, 0.2) is 0 Å². The minimum atomic E-state index is 0. The number of hydrogen-bond donors (Lipinski definition) is 0. The second-order valence-electron chi connectivity index (χ2n) is 0.408. The Labute approximate surface area is 50.4 Å². The summed E-state index contributed by atoms with van der Waals surface area (Å²) in [4.78, 5) is 0. The molecule has 0 spiro atoms. The fourth-order valence-corrected chi connectivity index (χ4v) is 0. The molecule has 0 amide bonds. The quantitative estimate of drug-likeness (QED) is 0.427. The van der Waals surface area contributed by atoms with Crippen molar-refractivity contribution in [2.45, 2.75) is 0 Å². The molecule has 0 fully saturated rings. The van der Waals surface area contributed by atoms with E-state index >= 15 is 0 Å². The van der Waals surface area contributed by atoms with E-state index in [4.69, 9.17) is 0 Å². The van der Waals surface area contributed by atoms with Gasteiger partial charge in [-0.25, -0.2) is 0 Å². The third-order valence-electron chi connectivity index (χ3n) is 0. The Morgan fingerprint density at radius 1 is 1.20 bits per heavy atom. The van der Waals surface area contributed by atoms with Crippen LogP contribution >= 0.6 is 11.8 Å². The van der Waals surface area contributed by atoms with Gasteiger partial charge in [0.25, 0.3) is 0 Å². The molecule has 3 heteroatoms. The molecule has 0 aromatic rings. The van der Waals surface area contributed by atoms with Gasteiger partial charge in [0.15, 0.2) is 0 Å². The molecule has 0 aromatic heterocycles. The van der Waals surface area contributed by atoms with E-state index in [1.165, 1.54) is 0 Å². The van der Waals surface area contributed by atoms with E-state index < -0.39 is 0 Å². The second kappa shape index (κ2) is 20.3. The Kier molecular flexibility index (Phi) is 68.1. The molecule has 29 valence electrons. The van der Waals surface area contributed by atoms with Crippen LogP contribution in [0.4, 0.5) is 0 Å². The van der Waals surface area contributed by atoms with Gasteiger partial charge in [0.05, 0.1) is 0 Å². The molecule has 3 radical (unpaired) electrons. The zero-order chi connectivity index (χ0) is 2.71. The van der Waals surface area contributed by atoms with Crippen LogP contribution in [0, 0.1) is 0 Å². The van der Waals surface area contributed by atoms with Crippen molar-refractivity contribution in [3.63, 3.8) is 0 Å². The van der Waals surface area contributed by atoms with E-state index in [0.717, 1.165) is 0 Å². The van der Waals surface area contributed by atoms with E-state index in [1.54, 1.807) is 11.8 Å². The fourth-order valence-electron chi connectivity index (χ4n) is 0. The van der Waals surface area contributed by atoms with Crippen molar-refractivity contribution in [1.29, 1.82) is 0 Å². The fraction of sp³-hybridized carbons (Fsp3) is 1.00. The molecular weight excluding hydrogens is 119 g/mol. The first kappa shape index (κ1) is 16.8. The Hall–Kier alpha value is 0.947. The van der Waals surface area contributed by atoms with Crippen LogP contribution < -0.4 is 0 Å². The molecule has 0 saturated carbocycles. The molecule has 0 nitrogen and oxygen atoms in total. The van der Waals surface area contributed by atoms with Gasteiger partial charge in [0, 0.05) is 25.8 Å². The minimum Gasteiger partial charge on any atom is -0.169 e. The van der Waals surface area contributed by atoms with Crippen LogP contribution in [-0.4, -0.2) is 20.9 Å². The molecule has 0 unspecified atom stereocenters. The number of hydrogen-bond acceptors (Lipinski definition) is 1. The van der Waals surface area contributed by atoms with Crippen molar-refractivity contribution in [2.24, 2.45) is 0 Å². The number of rotatable bonds is 0. The summed E-state index contributed by atoms with van der Waals surface area (Å²) in [5, 5.41) is 0. The van der Waals surface area contributed by atoms with Crippen LogP contribution in [0.5, 0.6) is 0 Å². The third kappa shape index (κ3) is 47.9. The third-order valence-corrected chi connectivity index (χ3v) is 0. The Morgan fingerprint density at radius 2 is 1.20 bits per heavy atom. The van der Waals surface area contributed by atoms with Crippen molar-refractivity contribution >= 4 is 20.2 Å². The monoisotopic (exact) mass is 125 g/mol. The molecule has 0 aromatic carbocycles. The topological polar surface area (TPSA) is 0 Å². The zero-order valence-electron chi connectivity index (χ0n) is 3.39. The van der Waals surface area contributed by atoms with Gasteiger partial charge in [-0.2, -0.15) is 11.8 Å². The predicted octanol–water partition coefficient (Wildman–Crippen LogP) is 0.596. The van der Waals surface area contributed by atoms with Crippen molar-refractivity contribution in [2.75, 3.05) is 12.5 Å². The average molecular weight is 125 g/mol. The first-order valence-corrected chi connectivity index (χ1v) is 2.45. The van der Waals surface area contributed by atoms with Gasteiger partial charge in [-0.05, 0) is 12.5 Å². The molecular formula is C2H6BCrS. The van der Waals surface area contributed by atoms with Gasteiger partial charge in [0.1, 0.15) is 0 Å². The summed E-state index contributed by atoms with van der Waals surface area (Å²) in [6.07, 6.45) is 4.08. The summed E-state index contributed by atoms with van der Waals surface area (Å²) in [6, 6.07) is 0. The van der Waals surface area contributed by atoms with Crippen LogP contribution in [0.1, 0.15) is 0 Å². The average Bonchev–Trinajstić information content (AvgIpc) is 0.918. The molecule has 0 heterocycles. The Balaban J connectivity index is -0.0000000200. The van der Waals surface area contributed by atoms with Crippen LogP contribution in [0.3, 0.4) is 0 Å². The van der Waals surface area contributed by atoms with Crippen LogP contribution in [0.2, 0.25) is 0 Å². The molecule has 0 rings (SSSR count). The van der Waals surface area contributed by atoms with Crippen molar-refractivity contribution in [3.8, 4) is 0 Å². The molecule has 0 bridgehead atoms. The van der Waals surface area contributed by atoms with E-state index in [0.29, 0.717) is 0 Å². The summed E-state index contributed by atoms with van der Waals surface area (Å²) < 4.78 is 0. The maximum absolute atomic E-state index is 2.04. The molecule has 0 aliphatic rings. The zero-order valence-corrected chi connectivity index (χ0v) is 5.49. The van der Waals surface area contributed by atoms with E-state index in [9.17, 15) is 0 Å². The van der Waals surface area contributed by atoms with Gasteiger partial charge in [-0.3, -0.25) is 0 Å². The predicted molar refractivity (Wildman–Crippen MR) is 25.2 cm³/mol. The SMILES string of the molecule is CSC.[B].[Cr]. The minimum absolute atomic E-state index is 0. The van der Waals surface area contributed by atoms with Gasteiger partial charge in [0.2, 0.25) is 0 Å². The molecule has 5 heavy (non-hydrogen) atoms. The van der Waals surface area contributed by atoms with E-state index in [-0.39, 0.29) is 25.8 Å². The van der Waals surface area contributed by atoms with Crippen LogP contribution in [0.25, 0.3) is 0 Å². The standard InChI is InChI=1S/C2H6S.B.Cr/c1-3-2;;/h1-2H3;;. The van der Waals surface area contributed by atoms with Crippen molar-refractivity contribution in [1.82, 2.24) is 0 Å². The normalized spacial score (nSPS) is 3.60. The Bertz CT molecular complexity index is 9.61. The maximum Gasteiger partial charge on any atom is 0 e. The summed E-state index contributed by atoms with van der Waals surface area (Å²) in [7, 11) is 0. The molecule has 0 atom stereocenters. The van der Waals surface area contributed by atoms with Crippen LogP contribution in [-0.2, 0) is 17.4 Å². The summed E-state index contributed by atoms with van der Waals surface area (Å²) in [5.41, 5.74) is 0. The maximum atomic E-state index is 2.04. The second-order valence-corrected chi connectivity index (χ2v) is 1.22. The van der Waals surface area contributed by atoms with Gasteiger partial charge in [-0.15, -0.1) is 0 Å². The van der Waals surface area contributed by atoms with Crippen molar-refractivity contribution < 1.29 is 17.4 Å². The van der Waals surface area contributed by atoms with E-state index in [2.05, 4.69) is 0 Å². The summed E-state index contributed by atoms with van der Waals surface area (Å²) >= 11 is 1.75. The first-order valence-electron chi connectivity index (χ1n) is 0.816. The smallest absolute Gasteiger partial charge is 0 e. The number of thioether (sulfide) groups is 1. The molecule has 0 N–H and O–H groups in total. The van der Waals surface area contributed by atoms with E-state index in [1.807, 2.05) is 12.5 Å². The van der Waals surface area contributed by atoms with Gasteiger partial charge >= 0.3 is 0 Å². The summed E-state index contributed by atoms with van der Waals surface area (Å²) in [5.74, 6) is 0.